The van der Waals surface area contributed by atoms with Gasteiger partial charge in [0.05, 0.1) is 12.1 Å². The molecule has 0 saturated carbocycles. The smallest absolute Gasteiger partial charge is 0.280 e. The predicted octanol–water partition coefficient (Wildman–Crippen LogP) is 4.07. The van der Waals surface area contributed by atoms with E-state index in [4.69, 9.17) is 9.26 Å². The van der Waals surface area contributed by atoms with E-state index in [0.29, 0.717) is 23.6 Å². The van der Waals surface area contributed by atoms with Crippen LogP contribution in [-0.2, 0) is 13.2 Å². The zero-order chi connectivity index (χ0) is 21.8. The molecule has 8 nitrogen and oxygen atoms in total. The summed E-state index contributed by atoms with van der Waals surface area (Å²) in [6.45, 7) is 6.50. The van der Waals surface area contributed by atoms with Crippen LogP contribution in [0.25, 0.3) is 0 Å². The lowest BCUT2D eigenvalue weighted by atomic mass is 10.1. The van der Waals surface area contributed by atoms with Gasteiger partial charge >= 0.3 is 0 Å². The SMILES string of the molecule is Cc1cccc(OCc2c(C(=O)Nc3ncn(Cc4ccccc4C)n3)noc2C)c1. The van der Waals surface area contributed by atoms with Crippen LogP contribution in [0.4, 0.5) is 5.95 Å². The third-order valence-corrected chi connectivity index (χ3v) is 4.93. The van der Waals surface area contributed by atoms with Crippen molar-refractivity contribution in [3.63, 3.8) is 0 Å². The fraction of sp³-hybridized carbons (Fsp3) is 0.217. The first-order valence-corrected chi connectivity index (χ1v) is 9.89. The van der Waals surface area contributed by atoms with Crippen molar-refractivity contribution in [3.8, 4) is 5.75 Å². The number of hydrogen-bond donors (Lipinski definition) is 1. The zero-order valence-electron chi connectivity index (χ0n) is 17.6. The molecule has 0 atom stereocenters. The van der Waals surface area contributed by atoms with Gasteiger partial charge in [-0.25, -0.2) is 9.67 Å². The van der Waals surface area contributed by atoms with Gasteiger partial charge in [0.25, 0.3) is 5.91 Å². The van der Waals surface area contributed by atoms with Gasteiger partial charge in [-0.15, -0.1) is 5.10 Å². The summed E-state index contributed by atoms with van der Waals surface area (Å²) in [7, 11) is 0. The lowest BCUT2D eigenvalue weighted by Crippen LogP contribution is -2.16. The summed E-state index contributed by atoms with van der Waals surface area (Å²) in [6, 6.07) is 15.7. The van der Waals surface area contributed by atoms with Crippen LogP contribution >= 0.6 is 0 Å². The summed E-state index contributed by atoms with van der Waals surface area (Å²) in [4.78, 5) is 16.9. The molecule has 2 aromatic carbocycles. The number of nitrogens with zero attached hydrogens (tertiary/aromatic N) is 4. The minimum atomic E-state index is -0.451. The van der Waals surface area contributed by atoms with Crippen molar-refractivity contribution in [1.82, 2.24) is 19.9 Å². The van der Waals surface area contributed by atoms with Crippen molar-refractivity contribution >= 4 is 11.9 Å². The number of benzene rings is 2. The summed E-state index contributed by atoms with van der Waals surface area (Å²) in [5.74, 6) is 0.984. The molecule has 1 amide bonds. The monoisotopic (exact) mass is 417 g/mol. The number of carbonyl (C=O) groups excluding carboxylic acids is 1. The first-order chi connectivity index (χ1) is 15.0. The Kier molecular flexibility index (Phi) is 5.79. The van der Waals surface area contributed by atoms with Gasteiger partial charge in [0.1, 0.15) is 24.4 Å². The number of aryl methyl sites for hydroxylation is 3. The highest BCUT2D eigenvalue weighted by Crippen LogP contribution is 2.19. The molecule has 4 rings (SSSR count). The summed E-state index contributed by atoms with van der Waals surface area (Å²) in [5, 5.41) is 10.9. The van der Waals surface area contributed by atoms with E-state index in [0.717, 1.165) is 11.1 Å². The Labute approximate surface area is 179 Å². The molecule has 0 fully saturated rings. The Morgan fingerprint density at radius 2 is 1.97 bits per heavy atom. The van der Waals surface area contributed by atoms with E-state index in [-0.39, 0.29) is 18.2 Å². The topological polar surface area (TPSA) is 95.1 Å². The van der Waals surface area contributed by atoms with Crippen molar-refractivity contribution in [2.75, 3.05) is 5.32 Å². The van der Waals surface area contributed by atoms with Crippen LogP contribution in [0.2, 0.25) is 0 Å². The quantitative estimate of drug-likeness (QED) is 0.487. The van der Waals surface area contributed by atoms with Gasteiger partial charge in [-0.2, -0.15) is 0 Å². The van der Waals surface area contributed by atoms with E-state index >= 15 is 0 Å². The maximum atomic E-state index is 12.8. The molecule has 0 aliphatic carbocycles. The Morgan fingerprint density at radius 3 is 2.77 bits per heavy atom. The molecule has 8 heteroatoms. The van der Waals surface area contributed by atoms with Gasteiger partial charge < -0.3 is 9.26 Å². The fourth-order valence-corrected chi connectivity index (χ4v) is 3.15. The van der Waals surface area contributed by atoms with E-state index < -0.39 is 5.91 Å². The van der Waals surface area contributed by atoms with Gasteiger partial charge in [0.15, 0.2) is 5.69 Å². The maximum Gasteiger partial charge on any atom is 0.280 e. The van der Waals surface area contributed by atoms with Gasteiger partial charge in [-0.1, -0.05) is 41.6 Å². The number of ether oxygens (including phenoxy) is 1. The second-order valence-electron chi connectivity index (χ2n) is 7.32. The number of hydrogen-bond acceptors (Lipinski definition) is 6. The molecule has 0 saturated heterocycles. The van der Waals surface area contributed by atoms with E-state index in [1.165, 1.54) is 5.56 Å². The van der Waals surface area contributed by atoms with Gasteiger partial charge in [0.2, 0.25) is 5.95 Å². The molecule has 31 heavy (non-hydrogen) atoms. The Hall–Kier alpha value is -3.94. The van der Waals surface area contributed by atoms with E-state index in [1.807, 2.05) is 62.4 Å². The van der Waals surface area contributed by atoms with Crippen molar-refractivity contribution < 1.29 is 14.1 Å². The first-order valence-electron chi connectivity index (χ1n) is 9.89. The Bertz CT molecular complexity index is 1210. The number of rotatable bonds is 7. The molecule has 0 radical (unpaired) electrons. The Morgan fingerprint density at radius 1 is 1.13 bits per heavy atom. The number of anilines is 1. The Balaban J connectivity index is 1.43. The van der Waals surface area contributed by atoms with Crippen LogP contribution in [-0.4, -0.2) is 25.8 Å². The fourth-order valence-electron chi connectivity index (χ4n) is 3.15. The number of aromatic nitrogens is 4. The lowest BCUT2D eigenvalue weighted by Gasteiger charge is -2.07. The number of amides is 1. The van der Waals surface area contributed by atoms with Crippen molar-refractivity contribution in [2.45, 2.75) is 33.9 Å². The van der Waals surface area contributed by atoms with E-state index in [1.54, 1.807) is 17.9 Å². The standard InChI is InChI=1S/C23H23N5O3/c1-15-7-6-10-19(11-15)30-13-20-17(3)31-27-21(20)22(29)25-23-24-14-28(26-23)12-18-9-5-4-8-16(18)2/h4-11,14H,12-13H2,1-3H3,(H,25,26,29). The molecule has 2 aromatic heterocycles. The van der Waals surface area contributed by atoms with Crippen molar-refractivity contribution in [2.24, 2.45) is 0 Å². The molecule has 0 aliphatic heterocycles. The second kappa shape index (κ2) is 8.83. The van der Waals surface area contributed by atoms with E-state index in [2.05, 4.69) is 20.6 Å². The summed E-state index contributed by atoms with van der Waals surface area (Å²) in [6.07, 6.45) is 1.58. The third kappa shape index (κ3) is 4.80. The van der Waals surface area contributed by atoms with Crippen LogP contribution in [0.1, 0.15) is 38.5 Å². The van der Waals surface area contributed by atoms with Crippen LogP contribution in [0, 0.1) is 20.8 Å². The normalized spacial score (nSPS) is 10.8. The van der Waals surface area contributed by atoms with Crippen LogP contribution < -0.4 is 10.1 Å². The highest BCUT2D eigenvalue weighted by atomic mass is 16.5. The molecule has 1 N–H and O–H groups in total. The van der Waals surface area contributed by atoms with Gasteiger partial charge in [-0.3, -0.25) is 10.1 Å². The summed E-state index contributed by atoms with van der Waals surface area (Å²) in [5.41, 5.74) is 4.12. The highest BCUT2D eigenvalue weighted by molar-refractivity contribution is 6.02. The van der Waals surface area contributed by atoms with Crippen LogP contribution in [0.3, 0.4) is 0 Å². The van der Waals surface area contributed by atoms with Crippen LogP contribution in [0.5, 0.6) is 5.75 Å². The van der Waals surface area contributed by atoms with Gasteiger partial charge in [-0.05, 0) is 49.6 Å². The number of carbonyl (C=O) groups is 1. The summed E-state index contributed by atoms with van der Waals surface area (Å²) < 4.78 is 12.7. The van der Waals surface area contributed by atoms with Crippen LogP contribution in [0.15, 0.2) is 59.4 Å². The largest absolute Gasteiger partial charge is 0.489 e. The molecule has 4 aromatic rings. The molecule has 2 heterocycles. The molecule has 0 bridgehead atoms. The molecular formula is C23H23N5O3. The average Bonchev–Trinajstić information content (AvgIpc) is 3.34. The lowest BCUT2D eigenvalue weighted by molar-refractivity contribution is 0.101. The molecule has 0 spiro atoms. The van der Waals surface area contributed by atoms with Gasteiger partial charge in [0, 0.05) is 0 Å². The molecule has 158 valence electrons. The second-order valence-corrected chi connectivity index (χ2v) is 7.32. The van der Waals surface area contributed by atoms with E-state index in [9.17, 15) is 4.79 Å². The summed E-state index contributed by atoms with van der Waals surface area (Å²) >= 11 is 0. The van der Waals surface area contributed by atoms with Crippen molar-refractivity contribution in [1.29, 1.82) is 0 Å². The molecule has 0 aliphatic rings. The number of nitrogens with one attached hydrogen (secondary N) is 1. The zero-order valence-corrected chi connectivity index (χ0v) is 17.6. The first kappa shape index (κ1) is 20.3. The predicted molar refractivity (Wildman–Crippen MR) is 115 cm³/mol. The third-order valence-electron chi connectivity index (χ3n) is 4.93. The maximum absolute atomic E-state index is 12.8. The molecule has 0 unspecified atom stereocenters. The minimum Gasteiger partial charge on any atom is -0.489 e. The highest BCUT2D eigenvalue weighted by Gasteiger charge is 2.21. The molecular weight excluding hydrogens is 394 g/mol. The van der Waals surface area contributed by atoms with Crippen molar-refractivity contribution in [3.05, 3.63) is 88.6 Å². The minimum absolute atomic E-state index is 0.153. The average molecular weight is 417 g/mol.